The molecule has 1 aromatic rings. The summed E-state index contributed by atoms with van der Waals surface area (Å²) in [6, 6.07) is 3.35. The smallest absolute Gasteiger partial charge is 0.227 e. The summed E-state index contributed by atoms with van der Waals surface area (Å²) in [6.45, 7) is 0.704. The van der Waals surface area contributed by atoms with E-state index in [9.17, 15) is 4.79 Å². The number of amides is 1. The van der Waals surface area contributed by atoms with Crippen LogP contribution in [-0.4, -0.2) is 19.6 Å². The molecule has 1 amide bonds. The zero-order valence-corrected chi connectivity index (χ0v) is 10.5. The summed E-state index contributed by atoms with van der Waals surface area (Å²) in [5.41, 5.74) is 6.87. The van der Waals surface area contributed by atoms with Crippen LogP contribution in [0.15, 0.2) is 12.1 Å². The van der Waals surface area contributed by atoms with Crippen molar-refractivity contribution in [1.82, 2.24) is 0 Å². The summed E-state index contributed by atoms with van der Waals surface area (Å²) in [6.07, 6.45) is 2.52. The second kappa shape index (κ2) is 4.84. The summed E-state index contributed by atoms with van der Waals surface area (Å²) in [5.74, 6) is 0.692. The molecule has 0 radical (unpaired) electrons. The number of nitrogens with two attached hydrogens (primary N) is 1. The molecule has 2 rings (SSSR count). The van der Waals surface area contributed by atoms with E-state index >= 15 is 0 Å². The number of anilines is 2. The van der Waals surface area contributed by atoms with E-state index in [0.29, 0.717) is 35.1 Å². The molecule has 0 unspecified atom stereocenters. The number of nitrogens with zero attached hydrogens (tertiary/aromatic N) is 1. The van der Waals surface area contributed by atoms with Crippen molar-refractivity contribution in [3.8, 4) is 5.75 Å². The average molecular weight is 255 g/mol. The van der Waals surface area contributed by atoms with Crippen molar-refractivity contribution < 1.29 is 9.53 Å². The molecule has 1 fully saturated rings. The average Bonchev–Trinajstić information content (AvgIpc) is 2.33. The number of halogens is 1. The maximum Gasteiger partial charge on any atom is 0.227 e. The minimum atomic E-state index is 0.107. The predicted octanol–water partition coefficient (Wildman–Crippen LogP) is 2.45. The zero-order valence-electron chi connectivity index (χ0n) is 9.70. The molecule has 5 heteroatoms. The molecule has 1 aliphatic rings. The van der Waals surface area contributed by atoms with E-state index in [-0.39, 0.29) is 5.91 Å². The molecule has 2 N–H and O–H groups in total. The van der Waals surface area contributed by atoms with Gasteiger partial charge in [-0.1, -0.05) is 11.6 Å². The minimum absolute atomic E-state index is 0.107. The highest BCUT2D eigenvalue weighted by molar-refractivity contribution is 6.33. The maximum absolute atomic E-state index is 11.9. The largest absolute Gasteiger partial charge is 0.494 e. The molecule has 1 heterocycles. The van der Waals surface area contributed by atoms with Crippen molar-refractivity contribution in [2.45, 2.75) is 19.3 Å². The number of carbonyl (C=O) groups is 1. The number of nitrogen functional groups attached to an aromatic ring is 1. The number of rotatable bonds is 2. The standard InChI is InChI=1S/C12H15ClN2O2/c1-17-11-7-9(14)8(13)6-10(11)15-5-3-2-4-12(15)16/h6-7H,2-5,14H2,1H3. The van der Waals surface area contributed by atoms with E-state index in [4.69, 9.17) is 22.1 Å². The van der Waals surface area contributed by atoms with E-state index in [1.165, 1.54) is 0 Å². The lowest BCUT2D eigenvalue weighted by Crippen LogP contribution is -2.35. The van der Waals surface area contributed by atoms with Gasteiger partial charge in [0.1, 0.15) is 5.75 Å². The number of hydrogen-bond donors (Lipinski definition) is 1. The summed E-state index contributed by atoms with van der Waals surface area (Å²) < 4.78 is 5.25. The zero-order chi connectivity index (χ0) is 12.4. The van der Waals surface area contributed by atoms with Gasteiger partial charge >= 0.3 is 0 Å². The van der Waals surface area contributed by atoms with Gasteiger partial charge in [0, 0.05) is 19.0 Å². The van der Waals surface area contributed by atoms with Crippen molar-refractivity contribution >= 4 is 28.9 Å². The topological polar surface area (TPSA) is 55.6 Å². The molecule has 1 aromatic carbocycles. The Morgan fingerprint density at radius 1 is 1.41 bits per heavy atom. The van der Waals surface area contributed by atoms with Gasteiger partial charge in [0.2, 0.25) is 5.91 Å². The highest BCUT2D eigenvalue weighted by Crippen LogP contribution is 2.36. The van der Waals surface area contributed by atoms with E-state index in [0.717, 1.165) is 12.8 Å². The SMILES string of the molecule is COc1cc(N)c(Cl)cc1N1CCCCC1=O. The number of benzene rings is 1. The first-order valence-corrected chi connectivity index (χ1v) is 5.94. The number of hydrogen-bond acceptors (Lipinski definition) is 3. The van der Waals surface area contributed by atoms with E-state index in [2.05, 4.69) is 0 Å². The van der Waals surface area contributed by atoms with Crippen LogP contribution in [0.5, 0.6) is 5.75 Å². The van der Waals surface area contributed by atoms with Crippen LogP contribution in [-0.2, 0) is 4.79 Å². The molecule has 0 aliphatic carbocycles. The molecule has 1 aliphatic heterocycles. The van der Waals surface area contributed by atoms with Crippen LogP contribution in [0.25, 0.3) is 0 Å². The van der Waals surface area contributed by atoms with Crippen molar-refractivity contribution in [1.29, 1.82) is 0 Å². The Balaban J connectivity index is 2.42. The first-order chi connectivity index (χ1) is 8.13. The highest BCUT2D eigenvalue weighted by Gasteiger charge is 2.23. The van der Waals surface area contributed by atoms with Crippen molar-refractivity contribution in [3.05, 3.63) is 17.2 Å². The Hall–Kier alpha value is -1.42. The van der Waals surface area contributed by atoms with Gasteiger partial charge in [0.25, 0.3) is 0 Å². The molecule has 0 spiro atoms. The molecule has 92 valence electrons. The monoisotopic (exact) mass is 254 g/mol. The third-order valence-corrected chi connectivity index (χ3v) is 3.24. The molecule has 17 heavy (non-hydrogen) atoms. The van der Waals surface area contributed by atoms with Crippen LogP contribution in [0.2, 0.25) is 5.02 Å². The van der Waals surface area contributed by atoms with Gasteiger partial charge in [-0.05, 0) is 18.9 Å². The van der Waals surface area contributed by atoms with Crippen LogP contribution in [0.1, 0.15) is 19.3 Å². The molecule has 1 saturated heterocycles. The van der Waals surface area contributed by atoms with E-state index in [1.54, 1.807) is 24.1 Å². The van der Waals surface area contributed by atoms with Gasteiger partial charge in [0.05, 0.1) is 23.5 Å². The van der Waals surface area contributed by atoms with Crippen molar-refractivity contribution in [2.24, 2.45) is 0 Å². The second-order valence-electron chi connectivity index (χ2n) is 4.05. The van der Waals surface area contributed by atoms with Crippen LogP contribution in [0.4, 0.5) is 11.4 Å². The lowest BCUT2D eigenvalue weighted by molar-refractivity contribution is -0.119. The summed E-state index contributed by atoms with van der Waals surface area (Å²) >= 11 is 5.99. The molecular weight excluding hydrogens is 240 g/mol. The third kappa shape index (κ3) is 2.31. The molecule has 0 atom stereocenters. The molecular formula is C12H15ClN2O2. The summed E-state index contributed by atoms with van der Waals surface area (Å²) in [4.78, 5) is 13.6. The number of carbonyl (C=O) groups excluding carboxylic acids is 1. The fraction of sp³-hybridized carbons (Fsp3) is 0.417. The van der Waals surface area contributed by atoms with Gasteiger partial charge in [0.15, 0.2) is 0 Å². The Kier molecular flexibility index (Phi) is 3.43. The quantitative estimate of drug-likeness (QED) is 0.825. The number of methoxy groups -OCH3 is 1. The highest BCUT2D eigenvalue weighted by atomic mass is 35.5. The first kappa shape index (κ1) is 12.0. The maximum atomic E-state index is 11.9. The summed E-state index contributed by atoms with van der Waals surface area (Å²) in [5, 5.41) is 0.444. The van der Waals surface area contributed by atoms with Crippen molar-refractivity contribution in [3.63, 3.8) is 0 Å². The molecule has 0 saturated carbocycles. The van der Waals surface area contributed by atoms with Gasteiger partial charge < -0.3 is 15.4 Å². The molecule has 4 nitrogen and oxygen atoms in total. The van der Waals surface area contributed by atoms with Crippen LogP contribution >= 0.6 is 11.6 Å². The minimum Gasteiger partial charge on any atom is -0.494 e. The van der Waals surface area contributed by atoms with Gasteiger partial charge in [-0.25, -0.2) is 0 Å². The summed E-state index contributed by atoms with van der Waals surface area (Å²) in [7, 11) is 1.56. The van der Waals surface area contributed by atoms with Crippen LogP contribution in [0, 0.1) is 0 Å². The first-order valence-electron chi connectivity index (χ1n) is 5.57. The van der Waals surface area contributed by atoms with Crippen molar-refractivity contribution in [2.75, 3.05) is 24.3 Å². The van der Waals surface area contributed by atoms with Crippen LogP contribution < -0.4 is 15.4 Å². The normalized spacial score (nSPS) is 16.1. The van der Waals surface area contributed by atoms with Crippen LogP contribution in [0.3, 0.4) is 0 Å². The molecule has 0 aromatic heterocycles. The fourth-order valence-electron chi connectivity index (χ4n) is 1.99. The predicted molar refractivity (Wildman–Crippen MR) is 68.6 cm³/mol. The van der Waals surface area contributed by atoms with E-state index < -0.39 is 0 Å². The number of ether oxygens (including phenoxy) is 1. The van der Waals surface area contributed by atoms with Gasteiger partial charge in [-0.2, -0.15) is 0 Å². The Morgan fingerprint density at radius 3 is 2.82 bits per heavy atom. The second-order valence-corrected chi connectivity index (χ2v) is 4.46. The lowest BCUT2D eigenvalue weighted by Gasteiger charge is -2.28. The third-order valence-electron chi connectivity index (χ3n) is 2.91. The Labute approximate surface area is 105 Å². The van der Waals surface area contributed by atoms with E-state index in [1.807, 2.05) is 0 Å². The van der Waals surface area contributed by atoms with Gasteiger partial charge in [-0.15, -0.1) is 0 Å². The number of piperidine rings is 1. The Bertz CT molecular complexity index is 448. The Morgan fingerprint density at radius 2 is 2.18 bits per heavy atom. The van der Waals surface area contributed by atoms with Gasteiger partial charge in [-0.3, -0.25) is 4.79 Å². The molecule has 0 bridgehead atoms. The lowest BCUT2D eigenvalue weighted by atomic mass is 10.1. The fourth-order valence-corrected chi connectivity index (χ4v) is 2.15.